The molecule has 0 aromatic heterocycles. The molecular formula is C13H7NO6S-2. The number of carboxylic acids is 1. The molecule has 0 radical (unpaired) electrons. The Hall–Kier alpha value is -2.45. The number of benzene rings is 2. The maximum absolute atomic E-state index is 12.2. The van der Waals surface area contributed by atoms with Crippen LogP contribution in [0.1, 0.15) is 10.4 Å². The van der Waals surface area contributed by atoms with Crippen LogP contribution < -0.4 is 10.0 Å². The molecule has 1 heterocycles. The molecule has 0 saturated heterocycles. The average molecular weight is 305 g/mol. The second kappa shape index (κ2) is 4.27. The fourth-order valence-electron chi connectivity index (χ4n) is 2.52. The Bertz CT molecular complexity index is 902. The summed E-state index contributed by atoms with van der Waals surface area (Å²) in [6, 6.07) is 6.62. The first kappa shape index (κ1) is 13.5. The number of amides is 1. The number of rotatable bonds is 3. The van der Waals surface area contributed by atoms with Gasteiger partial charge in [0.2, 0.25) is 0 Å². The fourth-order valence-corrected chi connectivity index (χ4v) is 3.20. The summed E-state index contributed by atoms with van der Waals surface area (Å²) < 4.78 is 33.8. The van der Waals surface area contributed by atoms with Gasteiger partial charge in [0.05, 0.1) is 23.1 Å². The van der Waals surface area contributed by atoms with Crippen LogP contribution in [0.2, 0.25) is 0 Å². The molecule has 1 aliphatic heterocycles. The van der Waals surface area contributed by atoms with Crippen LogP contribution in [0, 0.1) is 0 Å². The molecule has 0 fully saturated rings. The van der Waals surface area contributed by atoms with Crippen LogP contribution in [0.5, 0.6) is 0 Å². The molecule has 21 heavy (non-hydrogen) atoms. The second-order valence-corrected chi connectivity index (χ2v) is 5.88. The summed E-state index contributed by atoms with van der Waals surface area (Å²) in [4.78, 5) is 23.5. The highest BCUT2D eigenvalue weighted by Gasteiger charge is 2.30. The molecule has 1 amide bonds. The van der Waals surface area contributed by atoms with Gasteiger partial charge in [0.15, 0.2) is 0 Å². The summed E-state index contributed by atoms with van der Waals surface area (Å²) in [5.74, 6) is -2.01. The molecule has 1 aliphatic rings. The van der Waals surface area contributed by atoms with Gasteiger partial charge < -0.3 is 19.4 Å². The zero-order valence-corrected chi connectivity index (χ0v) is 11.2. The number of carbonyl (C=O) groups is 2. The molecule has 0 aliphatic carbocycles. The fraction of sp³-hybridized carbons (Fsp3) is 0.0769. The van der Waals surface area contributed by atoms with Crippen molar-refractivity contribution in [3.8, 4) is 0 Å². The molecule has 0 bridgehead atoms. The van der Waals surface area contributed by atoms with E-state index < -0.39 is 33.4 Å². The lowest BCUT2D eigenvalue weighted by Gasteiger charge is -2.18. The average Bonchev–Trinajstić information content (AvgIpc) is 2.65. The van der Waals surface area contributed by atoms with Gasteiger partial charge in [-0.25, -0.2) is 8.42 Å². The van der Waals surface area contributed by atoms with E-state index >= 15 is 0 Å². The van der Waals surface area contributed by atoms with Crippen LogP contribution in [-0.2, 0) is 14.9 Å². The van der Waals surface area contributed by atoms with Crippen molar-refractivity contribution in [1.82, 2.24) is 0 Å². The van der Waals surface area contributed by atoms with Gasteiger partial charge in [0, 0.05) is 16.3 Å². The lowest BCUT2D eigenvalue weighted by Crippen LogP contribution is -2.39. The Balaban J connectivity index is 2.36. The Morgan fingerprint density at radius 3 is 2.52 bits per heavy atom. The minimum absolute atomic E-state index is 0.106. The van der Waals surface area contributed by atoms with Gasteiger partial charge in [0.25, 0.3) is 5.91 Å². The van der Waals surface area contributed by atoms with Crippen molar-refractivity contribution in [2.24, 2.45) is 0 Å². The van der Waals surface area contributed by atoms with Gasteiger partial charge in [-0.1, -0.05) is 12.1 Å². The second-order valence-electron chi connectivity index (χ2n) is 4.53. The predicted octanol–water partition coefficient (Wildman–Crippen LogP) is -0.546. The van der Waals surface area contributed by atoms with E-state index in [1.54, 1.807) is 0 Å². The molecule has 2 aromatic carbocycles. The molecular weight excluding hydrogens is 298 g/mol. The molecule has 2 aromatic rings. The maximum Gasteiger partial charge on any atom is 0.259 e. The lowest BCUT2D eigenvalue weighted by atomic mass is 10.1. The first-order valence-electron chi connectivity index (χ1n) is 5.84. The highest BCUT2D eigenvalue weighted by Crippen LogP contribution is 2.39. The molecule has 108 valence electrons. The van der Waals surface area contributed by atoms with Gasteiger partial charge >= 0.3 is 0 Å². The number of aliphatic carboxylic acids is 1. The van der Waals surface area contributed by atoms with Gasteiger partial charge in [-0.3, -0.25) is 4.79 Å². The van der Waals surface area contributed by atoms with Crippen LogP contribution in [0.3, 0.4) is 0 Å². The number of hydrogen-bond acceptors (Lipinski definition) is 6. The summed E-state index contributed by atoms with van der Waals surface area (Å²) >= 11 is 0. The zero-order chi connectivity index (χ0) is 15.4. The first-order chi connectivity index (χ1) is 9.80. The molecule has 7 nitrogen and oxygen atoms in total. The highest BCUT2D eigenvalue weighted by atomic mass is 32.2. The number of hydrogen-bond donors (Lipinski definition) is 0. The Morgan fingerprint density at radius 1 is 1.19 bits per heavy atom. The van der Waals surface area contributed by atoms with Crippen LogP contribution in [0.15, 0.2) is 35.2 Å². The third-order valence-electron chi connectivity index (χ3n) is 3.30. The van der Waals surface area contributed by atoms with Gasteiger partial charge in [0.1, 0.15) is 10.1 Å². The summed E-state index contributed by atoms with van der Waals surface area (Å²) in [5, 5.41) is 11.1. The topological polar surface area (TPSA) is 118 Å². The van der Waals surface area contributed by atoms with Crippen LogP contribution >= 0.6 is 0 Å². The van der Waals surface area contributed by atoms with Gasteiger partial charge in [-0.15, -0.1) is 0 Å². The van der Waals surface area contributed by atoms with Crippen molar-refractivity contribution in [1.29, 1.82) is 0 Å². The molecule has 0 atom stereocenters. The summed E-state index contributed by atoms with van der Waals surface area (Å²) in [7, 11) is -4.70. The zero-order valence-electron chi connectivity index (χ0n) is 10.4. The van der Waals surface area contributed by atoms with Crippen LogP contribution in [0.25, 0.3) is 10.8 Å². The van der Waals surface area contributed by atoms with E-state index in [9.17, 15) is 27.7 Å². The largest absolute Gasteiger partial charge is 0.744 e. The minimum Gasteiger partial charge on any atom is -0.744 e. The quantitative estimate of drug-likeness (QED) is 0.702. The van der Waals surface area contributed by atoms with E-state index in [-0.39, 0.29) is 22.0 Å². The van der Waals surface area contributed by atoms with Crippen molar-refractivity contribution < 1.29 is 27.7 Å². The molecule has 0 saturated carbocycles. The van der Waals surface area contributed by atoms with E-state index in [0.29, 0.717) is 0 Å². The van der Waals surface area contributed by atoms with Gasteiger partial charge in [-0.05, 0) is 18.2 Å². The van der Waals surface area contributed by atoms with Crippen molar-refractivity contribution >= 4 is 38.5 Å². The summed E-state index contributed by atoms with van der Waals surface area (Å²) in [6.07, 6.45) is 0. The molecule has 8 heteroatoms. The molecule has 0 spiro atoms. The van der Waals surface area contributed by atoms with Crippen molar-refractivity contribution in [2.45, 2.75) is 4.90 Å². The van der Waals surface area contributed by atoms with E-state index in [1.807, 2.05) is 0 Å². The van der Waals surface area contributed by atoms with Gasteiger partial charge in [-0.2, -0.15) is 0 Å². The van der Waals surface area contributed by atoms with E-state index in [1.165, 1.54) is 24.3 Å². The third kappa shape index (κ3) is 1.96. The van der Waals surface area contributed by atoms with E-state index in [4.69, 9.17) is 0 Å². The van der Waals surface area contributed by atoms with Crippen molar-refractivity contribution in [2.75, 3.05) is 11.4 Å². The van der Waals surface area contributed by atoms with E-state index in [0.717, 1.165) is 11.0 Å². The minimum atomic E-state index is -4.70. The number of carbonyl (C=O) groups excluding carboxylic acids is 2. The Morgan fingerprint density at radius 2 is 1.90 bits per heavy atom. The standard InChI is InChI=1S/C13H9NO6S/c15-11(16)6-14-9-4-5-10(21(18,19)20)7-2-1-3-8(12(7)9)13(14)17/h1-5H,6H2,(H,15,16)(H,18,19,20)/p-2. The molecule has 3 rings (SSSR count). The number of nitrogens with zero attached hydrogens (tertiary/aromatic N) is 1. The molecule has 0 N–H and O–H groups in total. The number of anilines is 1. The normalized spacial score (nSPS) is 14.0. The van der Waals surface area contributed by atoms with Crippen LogP contribution in [-0.4, -0.2) is 31.4 Å². The first-order valence-corrected chi connectivity index (χ1v) is 7.25. The maximum atomic E-state index is 12.2. The Kier molecular flexibility index (Phi) is 2.75. The third-order valence-corrected chi connectivity index (χ3v) is 4.20. The van der Waals surface area contributed by atoms with E-state index in [2.05, 4.69) is 0 Å². The number of carboxylic acid groups (broad SMARTS) is 1. The monoisotopic (exact) mass is 305 g/mol. The predicted molar refractivity (Wildman–Crippen MR) is 68.6 cm³/mol. The van der Waals surface area contributed by atoms with Crippen LogP contribution in [0.4, 0.5) is 5.69 Å². The summed E-state index contributed by atoms with van der Waals surface area (Å²) in [5.41, 5.74) is 0.413. The van der Waals surface area contributed by atoms with Crippen molar-refractivity contribution in [3.05, 3.63) is 35.9 Å². The van der Waals surface area contributed by atoms with Crippen molar-refractivity contribution in [3.63, 3.8) is 0 Å². The molecule has 0 unspecified atom stereocenters. The summed E-state index contributed by atoms with van der Waals surface area (Å²) in [6.45, 7) is -0.647. The highest BCUT2D eigenvalue weighted by molar-refractivity contribution is 7.86. The SMILES string of the molecule is O=C([O-])CN1C(=O)c2cccc3c(S(=O)(=O)[O-])ccc1c23. The lowest BCUT2D eigenvalue weighted by molar-refractivity contribution is -0.303. The Labute approximate surface area is 119 Å². The smallest absolute Gasteiger partial charge is 0.259 e.